The highest BCUT2D eigenvalue weighted by Crippen LogP contribution is 2.24. The Labute approximate surface area is 107 Å². The Kier molecular flexibility index (Phi) is 3.76. The van der Waals surface area contributed by atoms with Crippen LogP contribution in [0.3, 0.4) is 0 Å². The van der Waals surface area contributed by atoms with Crippen molar-refractivity contribution in [3.05, 3.63) is 29.3 Å². The zero-order valence-corrected chi connectivity index (χ0v) is 11.3. The summed E-state index contributed by atoms with van der Waals surface area (Å²) in [6.07, 6.45) is 2.03. The summed E-state index contributed by atoms with van der Waals surface area (Å²) in [5.74, 6) is 0.428. The van der Waals surface area contributed by atoms with E-state index in [4.69, 9.17) is 11.6 Å². The Bertz CT molecular complexity index is 501. The highest BCUT2D eigenvalue weighted by molar-refractivity contribution is 7.89. The van der Waals surface area contributed by atoms with Crippen molar-refractivity contribution >= 4 is 21.6 Å². The van der Waals surface area contributed by atoms with Crippen LogP contribution >= 0.6 is 11.6 Å². The standard InChI is InChI=1S/C12H16ClNO2S/c1-10-4-3-7-14(9-10)17(15,16)12-6-2-5-11(13)8-12/h2,5-6,8,10H,3-4,7,9H2,1H3. The van der Waals surface area contributed by atoms with Crippen LogP contribution in [0, 0.1) is 5.92 Å². The number of rotatable bonds is 2. The summed E-state index contributed by atoms with van der Waals surface area (Å²) < 4.78 is 26.3. The maximum atomic E-state index is 12.4. The second-order valence-corrected chi connectivity index (χ2v) is 6.94. The van der Waals surface area contributed by atoms with Crippen LogP contribution < -0.4 is 0 Å². The van der Waals surface area contributed by atoms with Crippen LogP contribution in [0.5, 0.6) is 0 Å². The molecule has 1 saturated heterocycles. The number of sulfonamides is 1. The molecule has 1 atom stereocenters. The molecule has 1 aromatic carbocycles. The van der Waals surface area contributed by atoms with Gasteiger partial charge in [0.2, 0.25) is 10.0 Å². The Hall–Kier alpha value is -0.580. The highest BCUT2D eigenvalue weighted by Gasteiger charge is 2.28. The van der Waals surface area contributed by atoms with Gasteiger partial charge in [0.05, 0.1) is 4.90 Å². The maximum Gasteiger partial charge on any atom is 0.243 e. The van der Waals surface area contributed by atoms with Crippen LogP contribution in [0.4, 0.5) is 0 Å². The Morgan fingerprint density at radius 2 is 2.18 bits per heavy atom. The van der Waals surface area contributed by atoms with E-state index in [1.165, 1.54) is 6.07 Å². The second-order valence-electron chi connectivity index (χ2n) is 4.57. The van der Waals surface area contributed by atoms with Crippen LogP contribution in [0.2, 0.25) is 5.02 Å². The summed E-state index contributed by atoms with van der Waals surface area (Å²) in [5.41, 5.74) is 0. The van der Waals surface area contributed by atoms with Crippen LogP contribution in [0.15, 0.2) is 29.2 Å². The maximum absolute atomic E-state index is 12.4. The first-order valence-electron chi connectivity index (χ1n) is 5.76. The second kappa shape index (κ2) is 4.96. The molecule has 5 heteroatoms. The molecule has 0 aromatic heterocycles. The number of nitrogens with zero attached hydrogens (tertiary/aromatic N) is 1. The monoisotopic (exact) mass is 273 g/mol. The summed E-state index contributed by atoms with van der Waals surface area (Å²) in [6.45, 7) is 3.30. The molecule has 0 radical (unpaired) electrons. The molecule has 1 heterocycles. The van der Waals surface area contributed by atoms with Gasteiger partial charge in [-0.2, -0.15) is 4.31 Å². The van der Waals surface area contributed by atoms with Gasteiger partial charge in [-0.1, -0.05) is 24.6 Å². The lowest BCUT2D eigenvalue weighted by molar-refractivity contribution is 0.281. The molecule has 1 aliphatic heterocycles. The largest absolute Gasteiger partial charge is 0.243 e. The molecular weight excluding hydrogens is 258 g/mol. The summed E-state index contributed by atoms with van der Waals surface area (Å²) in [6, 6.07) is 6.46. The first kappa shape index (κ1) is 12.9. The van der Waals surface area contributed by atoms with Crippen molar-refractivity contribution in [1.29, 1.82) is 0 Å². The van der Waals surface area contributed by atoms with Crippen LogP contribution in [0.1, 0.15) is 19.8 Å². The molecule has 1 fully saturated rings. The third-order valence-corrected chi connectivity index (χ3v) is 5.15. The lowest BCUT2D eigenvalue weighted by Gasteiger charge is -2.30. The molecule has 1 aliphatic rings. The fourth-order valence-corrected chi connectivity index (χ4v) is 4.04. The number of hydrogen-bond acceptors (Lipinski definition) is 2. The van der Waals surface area contributed by atoms with Gasteiger partial charge in [0, 0.05) is 18.1 Å². The van der Waals surface area contributed by atoms with Gasteiger partial charge in [0.25, 0.3) is 0 Å². The summed E-state index contributed by atoms with van der Waals surface area (Å²) in [4.78, 5) is 0.291. The number of piperidine rings is 1. The van der Waals surface area contributed by atoms with Gasteiger partial charge in [0.1, 0.15) is 0 Å². The summed E-state index contributed by atoms with van der Waals surface area (Å²) >= 11 is 5.84. The third kappa shape index (κ3) is 2.81. The number of hydrogen-bond donors (Lipinski definition) is 0. The molecule has 3 nitrogen and oxygen atoms in total. The van der Waals surface area contributed by atoms with E-state index in [1.54, 1.807) is 22.5 Å². The van der Waals surface area contributed by atoms with Gasteiger partial charge in [-0.3, -0.25) is 0 Å². The van der Waals surface area contributed by atoms with E-state index < -0.39 is 10.0 Å². The molecule has 0 bridgehead atoms. The van der Waals surface area contributed by atoms with E-state index >= 15 is 0 Å². The molecule has 0 saturated carbocycles. The van der Waals surface area contributed by atoms with Gasteiger partial charge in [-0.05, 0) is 37.0 Å². The molecule has 0 aliphatic carbocycles. The third-order valence-electron chi connectivity index (χ3n) is 3.05. The van der Waals surface area contributed by atoms with E-state index in [1.807, 2.05) is 0 Å². The van der Waals surface area contributed by atoms with Gasteiger partial charge in [-0.25, -0.2) is 8.42 Å². The van der Waals surface area contributed by atoms with Gasteiger partial charge in [0.15, 0.2) is 0 Å². The van der Waals surface area contributed by atoms with E-state index in [2.05, 4.69) is 6.92 Å². The van der Waals surface area contributed by atoms with Crippen molar-refractivity contribution in [2.75, 3.05) is 13.1 Å². The summed E-state index contributed by atoms with van der Waals surface area (Å²) in [5, 5.41) is 0.455. The van der Waals surface area contributed by atoms with Crippen LogP contribution in [0.25, 0.3) is 0 Å². The first-order chi connectivity index (χ1) is 8.00. The molecule has 1 unspecified atom stereocenters. The number of halogens is 1. The molecule has 0 N–H and O–H groups in total. The van der Waals surface area contributed by atoms with E-state index in [0.717, 1.165) is 12.8 Å². The van der Waals surface area contributed by atoms with Crippen LogP contribution in [-0.2, 0) is 10.0 Å². The minimum atomic E-state index is -3.37. The smallest absolute Gasteiger partial charge is 0.207 e. The molecular formula is C12H16ClNO2S. The average molecular weight is 274 g/mol. The molecule has 0 spiro atoms. The predicted octanol–water partition coefficient (Wildman–Crippen LogP) is 2.76. The first-order valence-corrected chi connectivity index (χ1v) is 7.57. The van der Waals surface area contributed by atoms with Gasteiger partial charge >= 0.3 is 0 Å². The zero-order valence-electron chi connectivity index (χ0n) is 9.77. The molecule has 0 amide bonds. The predicted molar refractivity (Wildman–Crippen MR) is 68.6 cm³/mol. The topological polar surface area (TPSA) is 37.4 Å². The lowest BCUT2D eigenvalue weighted by Crippen LogP contribution is -2.39. The fourth-order valence-electron chi connectivity index (χ4n) is 2.14. The van der Waals surface area contributed by atoms with E-state index in [-0.39, 0.29) is 0 Å². The van der Waals surface area contributed by atoms with E-state index in [9.17, 15) is 8.42 Å². The minimum absolute atomic E-state index is 0.291. The van der Waals surface area contributed by atoms with Crippen molar-refractivity contribution in [3.8, 4) is 0 Å². The quantitative estimate of drug-likeness (QED) is 0.831. The van der Waals surface area contributed by atoms with Crippen molar-refractivity contribution in [3.63, 3.8) is 0 Å². The van der Waals surface area contributed by atoms with Crippen molar-refractivity contribution in [1.82, 2.24) is 4.31 Å². The van der Waals surface area contributed by atoms with Gasteiger partial charge < -0.3 is 0 Å². The summed E-state index contributed by atoms with van der Waals surface area (Å²) in [7, 11) is -3.37. The Morgan fingerprint density at radius 3 is 2.82 bits per heavy atom. The molecule has 17 heavy (non-hydrogen) atoms. The normalized spacial score (nSPS) is 22.6. The minimum Gasteiger partial charge on any atom is -0.207 e. The van der Waals surface area contributed by atoms with Crippen molar-refractivity contribution in [2.24, 2.45) is 5.92 Å². The molecule has 2 rings (SSSR count). The van der Waals surface area contributed by atoms with Gasteiger partial charge in [-0.15, -0.1) is 0 Å². The van der Waals surface area contributed by atoms with Crippen molar-refractivity contribution < 1.29 is 8.42 Å². The Morgan fingerprint density at radius 1 is 1.41 bits per heavy atom. The molecule has 1 aromatic rings. The SMILES string of the molecule is CC1CCCN(S(=O)(=O)c2cccc(Cl)c2)C1. The van der Waals surface area contributed by atoms with E-state index in [0.29, 0.717) is 28.9 Å². The lowest BCUT2D eigenvalue weighted by atomic mass is 10.0. The molecule has 94 valence electrons. The van der Waals surface area contributed by atoms with Crippen molar-refractivity contribution in [2.45, 2.75) is 24.7 Å². The Balaban J connectivity index is 2.29. The average Bonchev–Trinajstić information content (AvgIpc) is 2.29. The fraction of sp³-hybridized carbons (Fsp3) is 0.500. The highest BCUT2D eigenvalue weighted by atomic mass is 35.5. The zero-order chi connectivity index (χ0) is 12.5. The number of benzene rings is 1. The van der Waals surface area contributed by atoms with Crippen LogP contribution in [-0.4, -0.2) is 25.8 Å².